The van der Waals surface area contributed by atoms with E-state index in [0.29, 0.717) is 6.04 Å². The maximum absolute atomic E-state index is 12.7. The minimum absolute atomic E-state index is 0.0811. The highest BCUT2D eigenvalue weighted by atomic mass is 16.2. The van der Waals surface area contributed by atoms with Crippen LogP contribution in [0.1, 0.15) is 25.8 Å². The first-order valence-electron chi connectivity index (χ1n) is 8.18. The Hall–Kier alpha value is -1.59. The number of nitrogens with zero attached hydrogens (tertiary/aromatic N) is 2. The lowest BCUT2D eigenvalue weighted by molar-refractivity contribution is -0.135. The van der Waals surface area contributed by atoms with Crippen molar-refractivity contribution in [3.63, 3.8) is 0 Å². The van der Waals surface area contributed by atoms with Crippen molar-refractivity contribution in [1.29, 1.82) is 0 Å². The van der Waals surface area contributed by atoms with Crippen LogP contribution in [0.5, 0.6) is 0 Å². The van der Waals surface area contributed by atoms with E-state index < -0.39 is 0 Å². The molecule has 2 saturated heterocycles. The van der Waals surface area contributed by atoms with Gasteiger partial charge in [-0.1, -0.05) is 18.2 Å². The van der Waals surface area contributed by atoms with Gasteiger partial charge in [-0.15, -0.1) is 0 Å². The molecule has 2 N–H and O–H groups in total. The molecule has 1 amide bonds. The van der Waals surface area contributed by atoms with Gasteiger partial charge in [0.15, 0.2) is 0 Å². The Bertz CT molecular complexity index is 547. The fraction of sp³-hybridized carbons (Fsp3) is 0.588. The van der Waals surface area contributed by atoms with E-state index in [1.807, 2.05) is 4.90 Å². The molecule has 3 atom stereocenters. The molecule has 0 aromatic heterocycles. The molecule has 5 heteroatoms. The number of rotatable bonds is 2. The van der Waals surface area contributed by atoms with Crippen LogP contribution >= 0.6 is 0 Å². The quantitative estimate of drug-likeness (QED) is 0.864. The topological polar surface area (TPSA) is 47.6 Å². The largest absolute Gasteiger partial charge is 0.367 e. The Morgan fingerprint density at radius 3 is 2.59 bits per heavy atom. The zero-order valence-electron chi connectivity index (χ0n) is 13.7. The molecule has 22 heavy (non-hydrogen) atoms. The third-order valence-corrected chi connectivity index (χ3v) is 4.76. The minimum atomic E-state index is -0.0811. The average Bonchev–Trinajstić information content (AvgIpc) is 2.93. The molecule has 2 fully saturated rings. The van der Waals surface area contributed by atoms with Crippen LogP contribution in [0.2, 0.25) is 0 Å². The molecule has 0 bridgehead atoms. The maximum Gasteiger partial charge on any atom is 0.241 e. The summed E-state index contributed by atoms with van der Waals surface area (Å²) >= 11 is 0. The van der Waals surface area contributed by atoms with E-state index in [1.54, 1.807) is 0 Å². The second kappa shape index (κ2) is 6.26. The van der Waals surface area contributed by atoms with Gasteiger partial charge < -0.3 is 9.80 Å². The Morgan fingerprint density at radius 2 is 1.95 bits per heavy atom. The van der Waals surface area contributed by atoms with Gasteiger partial charge in [0.25, 0.3) is 0 Å². The van der Waals surface area contributed by atoms with Crippen molar-refractivity contribution in [2.75, 3.05) is 24.5 Å². The third-order valence-electron chi connectivity index (χ3n) is 4.76. The first-order valence-corrected chi connectivity index (χ1v) is 8.18. The van der Waals surface area contributed by atoms with E-state index in [2.05, 4.69) is 60.8 Å². The number of piperazine rings is 1. The number of hydrazine groups is 1. The smallest absolute Gasteiger partial charge is 0.241 e. The number of aryl methyl sites for hydroxylation is 1. The summed E-state index contributed by atoms with van der Waals surface area (Å²) in [5.41, 5.74) is 8.84. The normalized spacial score (nSPS) is 29.0. The second-order valence-corrected chi connectivity index (χ2v) is 6.59. The molecule has 0 radical (unpaired) electrons. The molecule has 1 aromatic carbocycles. The van der Waals surface area contributed by atoms with E-state index >= 15 is 0 Å². The van der Waals surface area contributed by atoms with Gasteiger partial charge in [-0.25, -0.2) is 5.43 Å². The number of nitrogens with one attached hydrogen (secondary N) is 2. The molecule has 0 aliphatic carbocycles. The van der Waals surface area contributed by atoms with E-state index in [4.69, 9.17) is 0 Å². The lowest BCUT2D eigenvalue weighted by atomic mass is 10.1. The first-order chi connectivity index (χ1) is 10.6. The van der Waals surface area contributed by atoms with Crippen molar-refractivity contribution in [3.8, 4) is 0 Å². The summed E-state index contributed by atoms with van der Waals surface area (Å²) in [5.74, 6) is 0.230. The lowest BCUT2D eigenvalue weighted by Crippen LogP contribution is -2.58. The second-order valence-electron chi connectivity index (χ2n) is 6.59. The summed E-state index contributed by atoms with van der Waals surface area (Å²) in [6, 6.07) is 8.98. The predicted octanol–water partition coefficient (Wildman–Crippen LogP) is 1.29. The highest BCUT2D eigenvalue weighted by Crippen LogP contribution is 2.23. The van der Waals surface area contributed by atoms with Crippen LogP contribution in [-0.4, -0.2) is 48.6 Å². The summed E-state index contributed by atoms with van der Waals surface area (Å²) in [7, 11) is 0. The molecule has 120 valence electrons. The van der Waals surface area contributed by atoms with Crippen LogP contribution < -0.4 is 15.8 Å². The fourth-order valence-electron chi connectivity index (χ4n) is 3.50. The van der Waals surface area contributed by atoms with Crippen molar-refractivity contribution in [1.82, 2.24) is 15.8 Å². The van der Waals surface area contributed by atoms with Crippen molar-refractivity contribution in [2.24, 2.45) is 0 Å². The van der Waals surface area contributed by atoms with E-state index in [1.165, 1.54) is 11.3 Å². The van der Waals surface area contributed by atoms with Gasteiger partial charge in [0, 0.05) is 37.4 Å². The van der Waals surface area contributed by atoms with Crippen LogP contribution in [0.4, 0.5) is 5.69 Å². The molecular formula is C17H26N4O. The fourth-order valence-corrected chi connectivity index (χ4v) is 3.50. The maximum atomic E-state index is 12.7. The number of anilines is 1. The molecule has 3 unspecified atom stereocenters. The monoisotopic (exact) mass is 302 g/mol. The number of amides is 1. The summed E-state index contributed by atoms with van der Waals surface area (Å²) in [6.07, 6.45) is 0.865. The first kappa shape index (κ1) is 15.3. The molecule has 2 aliphatic rings. The molecule has 2 heterocycles. The highest BCUT2D eigenvalue weighted by Gasteiger charge is 2.35. The van der Waals surface area contributed by atoms with E-state index in [0.717, 1.165) is 26.1 Å². The minimum Gasteiger partial charge on any atom is -0.367 e. The van der Waals surface area contributed by atoms with Crippen LogP contribution in [0, 0.1) is 6.92 Å². The zero-order valence-corrected chi connectivity index (χ0v) is 13.7. The van der Waals surface area contributed by atoms with Crippen LogP contribution in [0.3, 0.4) is 0 Å². The van der Waals surface area contributed by atoms with Gasteiger partial charge in [-0.2, -0.15) is 0 Å². The molecule has 5 nitrogen and oxygen atoms in total. The molecule has 1 aromatic rings. The highest BCUT2D eigenvalue weighted by molar-refractivity contribution is 5.82. The van der Waals surface area contributed by atoms with Crippen molar-refractivity contribution >= 4 is 11.6 Å². The Balaban J connectivity index is 1.65. The molecule has 0 saturated carbocycles. The standard InChI is InChI=1S/C17H26N4O/c1-12-6-4-5-7-16(12)20-8-9-21(14(3)11-20)17(22)15-10-13(2)18-19-15/h4-7,13-15,18-19H,8-11H2,1-3H3. The summed E-state index contributed by atoms with van der Waals surface area (Å²) in [5, 5.41) is 0. The number of hydrogen-bond donors (Lipinski definition) is 2. The summed E-state index contributed by atoms with van der Waals surface area (Å²) < 4.78 is 0. The Kier molecular flexibility index (Phi) is 4.36. The molecule has 2 aliphatic heterocycles. The van der Waals surface area contributed by atoms with Gasteiger partial charge in [-0.05, 0) is 38.8 Å². The van der Waals surface area contributed by atoms with Gasteiger partial charge in [0.05, 0.1) is 0 Å². The number of carbonyl (C=O) groups excluding carboxylic acids is 1. The number of benzene rings is 1. The predicted molar refractivity (Wildman–Crippen MR) is 88.7 cm³/mol. The number of para-hydroxylation sites is 1. The van der Waals surface area contributed by atoms with Crippen molar-refractivity contribution < 1.29 is 4.79 Å². The summed E-state index contributed by atoms with van der Waals surface area (Å²) in [4.78, 5) is 17.1. The van der Waals surface area contributed by atoms with E-state index in [-0.39, 0.29) is 18.0 Å². The number of carbonyl (C=O) groups is 1. The SMILES string of the molecule is Cc1ccccc1N1CCN(C(=O)C2CC(C)NN2)C(C)C1. The average molecular weight is 302 g/mol. The molecular weight excluding hydrogens is 276 g/mol. The molecule has 0 spiro atoms. The van der Waals surface area contributed by atoms with Gasteiger partial charge in [0.1, 0.15) is 6.04 Å². The van der Waals surface area contributed by atoms with Gasteiger partial charge in [-0.3, -0.25) is 10.2 Å². The third kappa shape index (κ3) is 2.96. The van der Waals surface area contributed by atoms with Crippen molar-refractivity contribution in [3.05, 3.63) is 29.8 Å². The van der Waals surface area contributed by atoms with Crippen molar-refractivity contribution in [2.45, 2.75) is 45.3 Å². The van der Waals surface area contributed by atoms with Gasteiger partial charge >= 0.3 is 0 Å². The van der Waals surface area contributed by atoms with Crippen LogP contribution in [0.25, 0.3) is 0 Å². The Labute approximate surface area is 132 Å². The van der Waals surface area contributed by atoms with Crippen LogP contribution in [0.15, 0.2) is 24.3 Å². The molecule has 3 rings (SSSR count). The summed E-state index contributed by atoms with van der Waals surface area (Å²) in [6.45, 7) is 8.98. The lowest BCUT2D eigenvalue weighted by Gasteiger charge is -2.42. The van der Waals surface area contributed by atoms with E-state index in [9.17, 15) is 4.79 Å². The van der Waals surface area contributed by atoms with Crippen LogP contribution in [-0.2, 0) is 4.79 Å². The Morgan fingerprint density at radius 1 is 1.18 bits per heavy atom. The zero-order chi connectivity index (χ0) is 15.7. The number of hydrogen-bond acceptors (Lipinski definition) is 4. The van der Waals surface area contributed by atoms with Gasteiger partial charge in [0.2, 0.25) is 5.91 Å².